The average molecular weight is 371 g/mol. The molecule has 27 heavy (non-hydrogen) atoms. The third kappa shape index (κ3) is 23.4. The van der Waals surface area contributed by atoms with Crippen LogP contribution in [-0.2, 0) is 0 Å². The summed E-state index contributed by atoms with van der Waals surface area (Å²) in [6, 6.07) is 9.80. The Hall–Kier alpha value is -2.62. The fourth-order valence-electron chi connectivity index (χ4n) is 1.27. The van der Waals surface area contributed by atoms with Crippen LogP contribution in [0.1, 0.15) is 58.5 Å². The summed E-state index contributed by atoms with van der Waals surface area (Å²) in [7, 11) is 0. The zero-order valence-corrected chi connectivity index (χ0v) is 18.6. The standard InChI is InChI=1S/2C6H7N.C5H6N2.3C2H6/c1-6-3-2-4-7-5-6;1-6-4-2-3-5-7-6;1-5-4-6-2-3-7-5;3*1-2/h2*2-5H,1H3;2-4H,1H3;3*1-2H3. The van der Waals surface area contributed by atoms with Crippen LogP contribution in [0.25, 0.3) is 0 Å². The van der Waals surface area contributed by atoms with E-state index in [0.29, 0.717) is 0 Å². The van der Waals surface area contributed by atoms with Crippen molar-refractivity contribution < 1.29 is 0 Å². The minimum atomic E-state index is 0.961. The summed E-state index contributed by atoms with van der Waals surface area (Å²) < 4.78 is 0. The van der Waals surface area contributed by atoms with E-state index >= 15 is 0 Å². The van der Waals surface area contributed by atoms with Crippen molar-refractivity contribution in [3.63, 3.8) is 0 Å². The van der Waals surface area contributed by atoms with Crippen LogP contribution in [0.4, 0.5) is 0 Å². The van der Waals surface area contributed by atoms with Gasteiger partial charge in [0.1, 0.15) is 0 Å². The van der Waals surface area contributed by atoms with Crippen molar-refractivity contribution in [1.82, 2.24) is 19.9 Å². The molecule has 0 aromatic carbocycles. The fraction of sp³-hybridized carbons (Fsp3) is 0.391. The summed E-state index contributed by atoms with van der Waals surface area (Å²) in [5, 5.41) is 0. The molecule has 0 amide bonds. The molecule has 3 aromatic rings. The summed E-state index contributed by atoms with van der Waals surface area (Å²) >= 11 is 0. The molecule has 0 spiro atoms. The van der Waals surface area contributed by atoms with Crippen LogP contribution in [0.2, 0.25) is 0 Å². The normalized spacial score (nSPS) is 7.44. The van der Waals surface area contributed by atoms with Gasteiger partial charge in [0.2, 0.25) is 0 Å². The molecule has 0 radical (unpaired) electrons. The molecule has 0 aliphatic rings. The number of hydrogen-bond acceptors (Lipinski definition) is 4. The highest BCUT2D eigenvalue weighted by molar-refractivity contribution is 5.04. The van der Waals surface area contributed by atoms with Gasteiger partial charge in [-0.3, -0.25) is 19.9 Å². The number of hydrogen-bond donors (Lipinski definition) is 0. The van der Waals surface area contributed by atoms with Gasteiger partial charge in [-0.25, -0.2) is 0 Å². The van der Waals surface area contributed by atoms with Gasteiger partial charge in [0, 0.05) is 42.9 Å². The number of pyridine rings is 2. The van der Waals surface area contributed by atoms with Crippen molar-refractivity contribution in [2.24, 2.45) is 0 Å². The van der Waals surface area contributed by atoms with Gasteiger partial charge in [-0.15, -0.1) is 0 Å². The fourth-order valence-corrected chi connectivity index (χ4v) is 1.27. The maximum atomic E-state index is 3.98. The molecule has 0 fully saturated rings. The first kappa shape index (κ1) is 29.2. The second kappa shape index (κ2) is 25.6. The third-order valence-electron chi connectivity index (χ3n) is 2.31. The first-order valence-electron chi connectivity index (χ1n) is 9.65. The van der Waals surface area contributed by atoms with Crippen molar-refractivity contribution in [2.45, 2.75) is 62.3 Å². The number of rotatable bonds is 0. The van der Waals surface area contributed by atoms with Crippen molar-refractivity contribution in [3.8, 4) is 0 Å². The molecule has 0 N–H and O–H groups in total. The molecule has 0 saturated carbocycles. The number of aryl methyl sites for hydroxylation is 3. The Morgan fingerprint density at radius 1 is 0.519 bits per heavy atom. The van der Waals surface area contributed by atoms with E-state index in [2.05, 4.69) is 19.9 Å². The lowest BCUT2D eigenvalue weighted by molar-refractivity contribution is 1.12. The summed E-state index contributed by atoms with van der Waals surface area (Å²) in [6.45, 7) is 17.9. The van der Waals surface area contributed by atoms with Gasteiger partial charge >= 0.3 is 0 Å². The topological polar surface area (TPSA) is 51.6 Å². The average Bonchev–Trinajstić information content (AvgIpc) is 2.75. The Morgan fingerprint density at radius 3 is 1.33 bits per heavy atom. The molecule has 150 valence electrons. The molecular formula is C23H38N4. The van der Waals surface area contributed by atoms with Crippen molar-refractivity contribution in [3.05, 3.63) is 84.5 Å². The zero-order valence-electron chi connectivity index (χ0n) is 18.6. The lowest BCUT2D eigenvalue weighted by atomic mass is 10.3. The van der Waals surface area contributed by atoms with Crippen molar-refractivity contribution in [2.75, 3.05) is 0 Å². The van der Waals surface area contributed by atoms with Crippen LogP contribution in [0.3, 0.4) is 0 Å². The molecule has 4 heteroatoms. The van der Waals surface area contributed by atoms with Crippen LogP contribution < -0.4 is 0 Å². The van der Waals surface area contributed by atoms with E-state index < -0.39 is 0 Å². The molecule has 0 bridgehead atoms. The summed E-state index contributed by atoms with van der Waals surface area (Å²) in [4.78, 5) is 15.6. The zero-order chi connectivity index (χ0) is 21.3. The van der Waals surface area contributed by atoms with Crippen LogP contribution >= 0.6 is 0 Å². The predicted octanol–water partition coefficient (Wildman–Crippen LogP) is 6.64. The van der Waals surface area contributed by atoms with Crippen molar-refractivity contribution >= 4 is 0 Å². The Bertz CT molecular complexity index is 495. The van der Waals surface area contributed by atoms with Crippen LogP contribution in [0.15, 0.2) is 67.5 Å². The highest BCUT2D eigenvalue weighted by atomic mass is 14.7. The lowest BCUT2D eigenvalue weighted by Gasteiger charge is -1.82. The van der Waals surface area contributed by atoms with E-state index in [1.54, 1.807) is 31.0 Å². The van der Waals surface area contributed by atoms with Gasteiger partial charge < -0.3 is 0 Å². The molecular weight excluding hydrogens is 332 g/mol. The van der Waals surface area contributed by atoms with E-state index in [1.165, 1.54) is 5.56 Å². The summed E-state index contributed by atoms with van der Waals surface area (Å²) in [6.07, 6.45) is 10.4. The summed E-state index contributed by atoms with van der Waals surface area (Å²) in [5.41, 5.74) is 3.24. The Balaban J connectivity index is -0.000000281. The minimum absolute atomic E-state index is 0.961. The Kier molecular flexibility index (Phi) is 27.7. The predicted molar refractivity (Wildman–Crippen MR) is 119 cm³/mol. The monoisotopic (exact) mass is 370 g/mol. The van der Waals surface area contributed by atoms with Gasteiger partial charge in [-0.1, -0.05) is 53.7 Å². The smallest absolute Gasteiger partial charge is 0.0555 e. The quantitative estimate of drug-likeness (QED) is 0.445. The molecule has 3 heterocycles. The minimum Gasteiger partial charge on any atom is -0.264 e. The molecule has 0 aliphatic carbocycles. The largest absolute Gasteiger partial charge is 0.264 e. The highest BCUT2D eigenvalue weighted by Crippen LogP contribution is 1.88. The van der Waals surface area contributed by atoms with E-state index in [0.717, 1.165) is 11.4 Å². The highest BCUT2D eigenvalue weighted by Gasteiger charge is 1.75. The molecule has 0 aliphatic heterocycles. The van der Waals surface area contributed by atoms with E-state index in [-0.39, 0.29) is 0 Å². The van der Waals surface area contributed by atoms with E-state index in [4.69, 9.17) is 0 Å². The maximum absolute atomic E-state index is 3.98. The van der Waals surface area contributed by atoms with Gasteiger partial charge in [-0.05, 0) is 44.5 Å². The van der Waals surface area contributed by atoms with Gasteiger partial charge in [-0.2, -0.15) is 0 Å². The number of nitrogens with zero attached hydrogens (tertiary/aromatic N) is 4. The second-order valence-corrected chi connectivity index (χ2v) is 4.35. The Labute approximate surface area is 167 Å². The van der Waals surface area contributed by atoms with E-state index in [9.17, 15) is 0 Å². The molecule has 3 rings (SSSR count). The van der Waals surface area contributed by atoms with Crippen LogP contribution in [0.5, 0.6) is 0 Å². The molecule has 3 aromatic heterocycles. The maximum Gasteiger partial charge on any atom is 0.0555 e. The second-order valence-electron chi connectivity index (χ2n) is 4.35. The molecule has 0 saturated heterocycles. The molecule has 4 nitrogen and oxygen atoms in total. The van der Waals surface area contributed by atoms with Crippen molar-refractivity contribution in [1.29, 1.82) is 0 Å². The van der Waals surface area contributed by atoms with Crippen LogP contribution in [-0.4, -0.2) is 19.9 Å². The summed E-state index contributed by atoms with van der Waals surface area (Å²) in [5.74, 6) is 0. The third-order valence-corrected chi connectivity index (χ3v) is 2.31. The Morgan fingerprint density at radius 2 is 1.11 bits per heavy atom. The first-order chi connectivity index (χ1) is 13.2. The first-order valence-corrected chi connectivity index (χ1v) is 9.65. The molecule has 0 unspecified atom stereocenters. The van der Waals surface area contributed by atoms with Gasteiger partial charge in [0.05, 0.1) is 5.69 Å². The SMILES string of the molecule is CC.CC.CC.Cc1ccccn1.Cc1cccnc1.Cc1cnccn1. The lowest BCUT2D eigenvalue weighted by Crippen LogP contribution is -1.77. The number of aromatic nitrogens is 4. The van der Waals surface area contributed by atoms with E-state index in [1.807, 2.05) is 98.8 Å². The molecule has 0 atom stereocenters. The van der Waals surface area contributed by atoms with Gasteiger partial charge in [0.15, 0.2) is 0 Å². The van der Waals surface area contributed by atoms with Crippen LogP contribution in [0, 0.1) is 20.8 Å². The van der Waals surface area contributed by atoms with Gasteiger partial charge in [0.25, 0.3) is 0 Å².